The summed E-state index contributed by atoms with van der Waals surface area (Å²) in [6.07, 6.45) is 1.00. The molecule has 1 fully saturated rings. The average molecular weight is 205 g/mol. The van der Waals surface area contributed by atoms with E-state index in [1.165, 1.54) is 0 Å². The fourth-order valence-corrected chi connectivity index (χ4v) is 1.65. The van der Waals surface area contributed by atoms with Crippen LogP contribution in [0.25, 0.3) is 0 Å². The average Bonchev–Trinajstić information content (AvgIpc) is 2.71. The molecule has 0 aromatic heterocycles. The van der Waals surface area contributed by atoms with Crippen molar-refractivity contribution in [3.05, 3.63) is 30.3 Å². The predicted octanol–water partition coefficient (Wildman–Crippen LogP) is 1.17. The maximum Gasteiger partial charge on any atom is 0.319 e. The van der Waals surface area contributed by atoms with Gasteiger partial charge in [-0.1, -0.05) is 18.2 Å². The van der Waals surface area contributed by atoms with Crippen LogP contribution >= 0.6 is 0 Å². The van der Waals surface area contributed by atoms with E-state index >= 15 is 0 Å². The molecule has 0 spiro atoms. The van der Waals surface area contributed by atoms with Crippen LogP contribution in [0.15, 0.2) is 30.3 Å². The molecule has 0 aliphatic carbocycles. The van der Waals surface area contributed by atoms with Crippen LogP contribution in [0.2, 0.25) is 0 Å². The number of hydrogen-bond donors (Lipinski definition) is 3. The van der Waals surface area contributed by atoms with Crippen LogP contribution in [-0.2, 0) is 0 Å². The van der Waals surface area contributed by atoms with Crippen LogP contribution in [0.1, 0.15) is 6.42 Å². The molecule has 1 aromatic carbocycles. The molecule has 1 aromatic rings. The minimum Gasteiger partial charge on any atom is -0.334 e. The molecule has 3 N–H and O–H groups in total. The number of benzene rings is 1. The Morgan fingerprint density at radius 1 is 1.33 bits per heavy atom. The van der Waals surface area contributed by atoms with Gasteiger partial charge >= 0.3 is 6.03 Å². The minimum absolute atomic E-state index is 0.130. The maximum atomic E-state index is 11.5. The number of rotatable bonds is 2. The van der Waals surface area contributed by atoms with Crippen LogP contribution < -0.4 is 16.0 Å². The normalized spacial score (nSPS) is 19.9. The summed E-state index contributed by atoms with van der Waals surface area (Å²) in [4.78, 5) is 11.5. The Kier molecular flexibility index (Phi) is 3.19. The molecule has 4 nitrogen and oxygen atoms in total. The summed E-state index contributed by atoms with van der Waals surface area (Å²) in [7, 11) is 0. The Bertz CT molecular complexity index is 320. The number of para-hydroxylation sites is 1. The molecule has 1 aliphatic rings. The van der Waals surface area contributed by atoms with Crippen molar-refractivity contribution in [3.8, 4) is 0 Å². The molecular weight excluding hydrogens is 190 g/mol. The van der Waals surface area contributed by atoms with Crippen molar-refractivity contribution >= 4 is 11.7 Å². The lowest BCUT2D eigenvalue weighted by atomic mass is 10.3. The lowest BCUT2D eigenvalue weighted by Gasteiger charge is -2.12. The summed E-state index contributed by atoms with van der Waals surface area (Å²) in [5, 5.41) is 8.90. The number of carbonyl (C=O) groups is 1. The Labute approximate surface area is 89.1 Å². The van der Waals surface area contributed by atoms with Gasteiger partial charge in [0.25, 0.3) is 0 Å². The highest BCUT2D eigenvalue weighted by atomic mass is 16.2. The Hall–Kier alpha value is -1.55. The Morgan fingerprint density at radius 2 is 2.13 bits per heavy atom. The summed E-state index contributed by atoms with van der Waals surface area (Å²) in [6, 6.07) is 9.58. The molecule has 4 heteroatoms. The minimum atomic E-state index is -0.130. The highest BCUT2D eigenvalue weighted by Gasteiger charge is 2.16. The second-order valence-corrected chi connectivity index (χ2v) is 3.65. The molecule has 2 rings (SSSR count). The highest BCUT2D eigenvalue weighted by Crippen LogP contribution is 2.05. The maximum absolute atomic E-state index is 11.5. The van der Waals surface area contributed by atoms with Gasteiger partial charge in [-0.15, -0.1) is 0 Å². The van der Waals surface area contributed by atoms with Gasteiger partial charge in [-0.2, -0.15) is 0 Å². The Balaban J connectivity index is 1.82. The zero-order valence-corrected chi connectivity index (χ0v) is 8.49. The first kappa shape index (κ1) is 9.98. The van der Waals surface area contributed by atoms with E-state index in [1.807, 2.05) is 30.3 Å². The van der Waals surface area contributed by atoms with Crippen molar-refractivity contribution in [1.82, 2.24) is 10.6 Å². The van der Waals surface area contributed by atoms with Crippen molar-refractivity contribution in [2.24, 2.45) is 0 Å². The van der Waals surface area contributed by atoms with Gasteiger partial charge in [0.1, 0.15) is 0 Å². The molecule has 1 heterocycles. The predicted molar refractivity (Wildman–Crippen MR) is 59.9 cm³/mol. The molecule has 0 radical (unpaired) electrons. The summed E-state index contributed by atoms with van der Waals surface area (Å²) in [5.74, 6) is 0. The first-order chi connectivity index (χ1) is 7.34. The smallest absolute Gasteiger partial charge is 0.319 e. The SMILES string of the molecule is O=C(Nc1ccccc1)N[C@H]1CCNC1. The number of nitrogens with one attached hydrogen (secondary N) is 3. The van der Waals surface area contributed by atoms with Gasteiger partial charge in [-0.25, -0.2) is 4.79 Å². The van der Waals surface area contributed by atoms with Crippen molar-refractivity contribution in [2.45, 2.75) is 12.5 Å². The molecule has 1 atom stereocenters. The summed E-state index contributed by atoms with van der Waals surface area (Å²) < 4.78 is 0. The van der Waals surface area contributed by atoms with Gasteiger partial charge in [0.05, 0.1) is 0 Å². The van der Waals surface area contributed by atoms with Gasteiger partial charge in [-0.3, -0.25) is 0 Å². The quantitative estimate of drug-likeness (QED) is 0.679. The molecule has 2 amide bonds. The third-order valence-corrected chi connectivity index (χ3v) is 2.43. The van der Waals surface area contributed by atoms with Gasteiger partial charge in [0.15, 0.2) is 0 Å². The first-order valence-corrected chi connectivity index (χ1v) is 5.18. The monoisotopic (exact) mass is 205 g/mol. The zero-order valence-electron chi connectivity index (χ0n) is 8.49. The summed E-state index contributed by atoms with van der Waals surface area (Å²) >= 11 is 0. The fraction of sp³-hybridized carbons (Fsp3) is 0.364. The van der Waals surface area contributed by atoms with E-state index in [-0.39, 0.29) is 12.1 Å². The molecule has 80 valence electrons. The number of hydrogen-bond acceptors (Lipinski definition) is 2. The summed E-state index contributed by atoms with van der Waals surface area (Å²) in [5.41, 5.74) is 0.820. The van der Waals surface area contributed by atoms with E-state index in [2.05, 4.69) is 16.0 Å². The third-order valence-electron chi connectivity index (χ3n) is 2.43. The largest absolute Gasteiger partial charge is 0.334 e. The van der Waals surface area contributed by atoms with E-state index in [0.29, 0.717) is 0 Å². The van der Waals surface area contributed by atoms with E-state index in [1.54, 1.807) is 0 Å². The van der Waals surface area contributed by atoms with E-state index in [9.17, 15) is 4.79 Å². The molecular formula is C11H15N3O. The van der Waals surface area contributed by atoms with Gasteiger partial charge in [0, 0.05) is 18.3 Å². The van der Waals surface area contributed by atoms with Crippen LogP contribution in [0.5, 0.6) is 0 Å². The molecule has 0 bridgehead atoms. The number of anilines is 1. The second-order valence-electron chi connectivity index (χ2n) is 3.65. The molecule has 0 unspecified atom stereocenters. The van der Waals surface area contributed by atoms with Crippen molar-refractivity contribution in [1.29, 1.82) is 0 Å². The topological polar surface area (TPSA) is 53.2 Å². The van der Waals surface area contributed by atoms with E-state index < -0.39 is 0 Å². The van der Waals surface area contributed by atoms with Crippen LogP contribution in [-0.4, -0.2) is 25.2 Å². The number of urea groups is 1. The van der Waals surface area contributed by atoms with Gasteiger partial charge in [-0.05, 0) is 25.1 Å². The zero-order chi connectivity index (χ0) is 10.5. The second kappa shape index (κ2) is 4.79. The lowest BCUT2D eigenvalue weighted by Crippen LogP contribution is -2.39. The van der Waals surface area contributed by atoms with Crippen molar-refractivity contribution < 1.29 is 4.79 Å². The molecule has 1 saturated heterocycles. The Morgan fingerprint density at radius 3 is 2.80 bits per heavy atom. The molecule has 1 aliphatic heterocycles. The highest BCUT2D eigenvalue weighted by molar-refractivity contribution is 5.89. The summed E-state index contributed by atoms with van der Waals surface area (Å²) in [6.45, 7) is 1.85. The molecule has 15 heavy (non-hydrogen) atoms. The lowest BCUT2D eigenvalue weighted by molar-refractivity contribution is 0.249. The van der Waals surface area contributed by atoms with Crippen molar-refractivity contribution in [2.75, 3.05) is 18.4 Å². The third kappa shape index (κ3) is 2.95. The fourth-order valence-electron chi connectivity index (χ4n) is 1.65. The van der Waals surface area contributed by atoms with Crippen LogP contribution in [0.4, 0.5) is 10.5 Å². The van der Waals surface area contributed by atoms with E-state index in [4.69, 9.17) is 0 Å². The number of carbonyl (C=O) groups excluding carboxylic acids is 1. The first-order valence-electron chi connectivity index (χ1n) is 5.18. The number of amides is 2. The van der Waals surface area contributed by atoms with Gasteiger partial charge < -0.3 is 16.0 Å². The van der Waals surface area contributed by atoms with Crippen LogP contribution in [0, 0.1) is 0 Å². The van der Waals surface area contributed by atoms with Crippen LogP contribution in [0.3, 0.4) is 0 Å². The van der Waals surface area contributed by atoms with Gasteiger partial charge in [0.2, 0.25) is 0 Å². The molecule has 0 saturated carbocycles. The standard InChI is InChI=1S/C11H15N3O/c15-11(14-10-6-7-12-8-10)13-9-4-2-1-3-5-9/h1-5,10,12H,6-8H2,(H2,13,14,15)/t10-/m0/s1. The van der Waals surface area contributed by atoms with Crippen molar-refractivity contribution in [3.63, 3.8) is 0 Å². The van der Waals surface area contributed by atoms with E-state index in [0.717, 1.165) is 25.2 Å².